The lowest BCUT2D eigenvalue weighted by atomic mass is 9.68. The van der Waals surface area contributed by atoms with Gasteiger partial charge < -0.3 is 19.7 Å². The molecule has 1 atom stereocenters. The molecule has 0 unspecified atom stereocenters. The van der Waals surface area contributed by atoms with Crippen molar-refractivity contribution in [1.82, 2.24) is 5.32 Å². The van der Waals surface area contributed by atoms with Gasteiger partial charge in [0, 0.05) is 22.7 Å². The molecule has 4 aliphatic rings. The van der Waals surface area contributed by atoms with Gasteiger partial charge in [-0.2, -0.15) is 0 Å². The van der Waals surface area contributed by atoms with Crippen LogP contribution >= 0.6 is 0 Å². The summed E-state index contributed by atoms with van der Waals surface area (Å²) < 4.78 is 25.3. The molecule has 1 amide bonds. The summed E-state index contributed by atoms with van der Waals surface area (Å²) in [6, 6.07) is 10.4. The molecule has 1 spiro atoms. The van der Waals surface area contributed by atoms with E-state index < -0.39 is 0 Å². The Morgan fingerprint density at radius 3 is 2.70 bits per heavy atom. The highest BCUT2D eigenvalue weighted by molar-refractivity contribution is 6.08. The summed E-state index contributed by atoms with van der Waals surface area (Å²) in [6.07, 6.45) is 5.27. The van der Waals surface area contributed by atoms with E-state index in [9.17, 15) is 9.18 Å². The fraction of sp³-hybridized carbons (Fsp3) is 0.458. The first kappa shape index (κ1) is 18.2. The van der Waals surface area contributed by atoms with Crippen LogP contribution in [-0.2, 0) is 5.41 Å². The standard InChI is InChI=1S/C24H25FN2O3/c25-17-4-5-19-18(13-17)24(7-9-26-10-8-24)22(11-15-1-2-15)27(19)23(28)16-3-6-20-21(12-16)30-14-29-20/h3-6,12-13,15,22,26H,1-2,7-11,14H2/t22-/m1/s1. The van der Waals surface area contributed by atoms with E-state index in [-0.39, 0.29) is 30.0 Å². The smallest absolute Gasteiger partial charge is 0.258 e. The second kappa shape index (κ2) is 6.71. The third kappa shape index (κ3) is 2.73. The average molecular weight is 408 g/mol. The monoisotopic (exact) mass is 408 g/mol. The number of hydrogen-bond acceptors (Lipinski definition) is 4. The summed E-state index contributed by atoms with van der Waals surface area (Å²) in [6.45, 7) is 1.96. The number of ether oxygens (including phenoxy) is 2. The molecular formula is C24H25FN2O3. The Morgan fingerprint density at radius 2 is 1.90 bits per heavy atom. The molecule has 1 saturated carbocycles. The lowest BCUT2D eigenvalue weighted by Crippen LogP contribution is -2.52. The topological polar surface area (TPSA) is 50.8 Å². The summed E-state index contributed by atoms with van der Waals surface area (Å²) in [7, 11) is 0. The van der Waals surface area contributed by atoms with Gasteiger partial charge in [0.15, 0.2) is 11.5 Å². The average Bonchev–Trinajstić information content (AvgIpc) is 3.41. The van der Waals surface area contributed by atoms with Gasteiger partial charge in [-0.1, -0.05) is 12.8 Å². The van der Waals surface area contributed by atoms with E-state index in [1.165, 1.54) is 18.9 Å². The Hall–Kier alpha value is -2.60. The summed E-state index contributed by atoms with van der Waals surface area (Å²) in [5.74, 6) is 1.67. The van der Waals surface area contributed by atoms with Crippen molar-refractivity contribution in [1.29, 1.82) is 0 Å². The molecule has 2 aromatic rings. The molecule has 1 N–H and O–H groups in total. The first-order valence-corrected chi connectivity index (χ1v) is 10.9. The number of anilines is 1. The highest BCUT2D eigenvalue weighted by Gasteiger charge is 2.54. The second-order valence-corrected chi connectivity index (χ2v) is 9.01. The van der Waals surface area contributed by atoms with Gasteiger partial charge in [0.2, 0.25) is 6.79 Å². The molecule has 0 aromatic heterocycles. The number of rotatable bonds is 3. The molecule has 2 aromatic carbocycles. The minimum atomic E-state index is -0.228. The van der Waals surface area contributed by atoms with Crippen LogP contribution in [0.5, 0.6) is 11.5 Å². The van der Waals surface area contributed by atoms with Crippen LogP contribution in [0, 0.1) is 11.7 Å². The van der Waals surface area contributed by atoms with E-state index in [4.69, 9.17) is 9.47 Å². The molecule has 0 radical (unpaired) electrons. The maximum absolute atomic E-state index is 14.4. The number of hydrogen-bond donors (Lipinski definition) is 1. The molecule has 1 aliphatic carbocycles. The molecular weight excluding hydrogens is 383 g/mol. The van der Waals surface area contributed by atoms with Crippen molar-refractivity contribution in [3.63, 3.8) is 0 Å². The van der Waals surface area contributed by atoms with E-state index in [2.05, 4.69) is 5.32 Å². The fourth-order valence-electron chi connectivity index (χ4n) is 5.61. The van der Waals surface area contributed by atoms with Crippen LogP contribution in [-0.4, -0.2) is 31.8 Å². The van der Waals surface area contributed by atoms with Gasteiger partial charge in [0.25, 0.3) is 5.91 Å². The Bertz CT molecular complexity index is 1010. The molecule has 6 heteroatoms. The van der Waals surface area contributed by atoms with Crippen molar-refractivity contribution in [3.8, 4) is 11.5 Å². The minimum Gasteiger partial charge on any atom is -0.454 e. The van der Waals surface area contributed by atoms with Crippen molar-refractivity contribution >= 4 is 11.6 Å². The van der Waals surface area contributed by atoms with Crippen LogP contribution in [0.25, 0.3) is 0 Å². The minimum absolute atomic E-state index is 0.0396. The third-order valence-electron chi connectivity index (χ3n) is 7.29. The molecule has 6 rings (SSSR count). The molecule has 0 bridgehead atoms. The van der Waals surface area contributed by atoms with Crippen LogP contribution in [0.1, 0.15) is 48.0 Å². The third-order valence-corrected chi connectivity index (χ3v) is 7.29. The number of carbonyl (C=O) groups is 1. The summed E-state index contributed by atoms with van der Waals surface area (Å²) in [5, 5.41) is 3.45. The Morgan fingerprint density at radius 1 is 1.10 bits per heavy atom. The summed E-state index contributed by atoms with van der Waals surface area (Å²) >= 11 is 0. The van der Waals surface area contributed by atoms with E-state index in [0.717, 1.165) is 43.6 Å². The number of carbonyl (C=O) groups excluding carboxylic acids is 1. The van der Waals surface area contributed by atoms with Crippen molar-refractivity contribution in [2.45, 2.75) is 43.6 Å². The van der Waals surface area contributed by atoms with E-state index >= 15 is 0 Å². The zero-order chi connectivity index (χ0) is 20.3. The van der Waals surface area contributed by atoms with Crippen LogP contribution in [0.3, 0.4) is 0 Å². The second-order valence-electron chi connectivity index (χ2n) is 9.01. The number of nitrogens with one attached hydrogen (secondary N) is 1. The van der Waals surface area contributed by atoms with Gasteiger partial charge in [0.05, 0.1) is 0 Å². The number of benzene rings is 2. The van der Waals surface area contributed by atoms with Crippen molar-refractivity contribution in [2.75, 3.05) is 24.8 Å². The largest absolute Gasteiger partial charge is 0.454 e. The van der Waals surface area contributed by atoms with E-state index in [1.807, 2.05) is 4.90 Å². The van der Waals surface area contributed by atoms with Gasteiger partial charge in [0.1, 0.15) is 5.82 Å². The molecule has 3 heterocycles. The van der Waals surface area contributed by atoms with Crippen LogP contribution in [0.2, 0.25) is 0 Å². The maximum atomic E-state index is 14.4. The van der Waals surface area contributed by atoms with Crippen molar-refractivity contribution in [3.05, 3.63) is 53.3 Å². The summed E-state index contributed by atoms with van der Waals surface area (Å²) in [5.41, 5.74) is 2.27. The molecule has 2 fully saturated rings. The quantitative estimate of drug-likeness (QED) is 0.834. The SMILES string of the molecule is O=C(c1ccc2c(c1)OCO2)N1c2ccc(F)cc2C2(CCNCC2)[C@H]1CC1CC1. The van der Waals surface area contributed by atoms with Gasteiger partial charge in [-0.15, -0.1) is 0 Å². The lowest BCUT2D eigenvalue weighted by Gasteiger charge is -2.42. The normalized spacial score (nSPS) is 23.6. The zero-order valence-electron chi connectivity index (χ0n) is 16.8. The number of amides is 1. The lowest BCUT2D eigenvalue weighted by molar-refractivity contribution is 0.0959. The van der Waals surface area contributed by atoms with E-state index in [1.54, 1.807) is 30.3 Å². The first-order chi connectivity index (χ1) is 14.7. The number of fused-ring (bicyclic) bond motifs is 3. The molecule has 30 heavy (non-hydrogen) atoms. The molecule has 1 saturated heterocycles. The van der Waals surface area contributed by atoms with Gasteiger partial charge in [-0.3, -0.25) is 4.79 Å². The van der Waals surface area contributed by atoms with Gasteiger partial charge >= 0.3 is 0 Å². The predicted molar refractivity (Wildman–Crippen MR) is 111 cm³/mol. The molecule has 5 nitrogen and oxygen atoms in total. The number of halogens is 1. The van der Waals surface area contributed by atoms with E-state index in [0.29, 0.717) is 23.0 Å². The van der Waals surface area contributed by atoms with Crippen LogP contribution in [0.15, 0.2) is 36.4 Å². The van der Waals surface area contributed by atoms with Crippen molar-refractivity contribution < 1.29 is 18.7 Å². The van der Waals surface area contributed by atoms with Crippen LogP contribution in [0.4, 0.5) is 10.1 Å². The highest BCUT2D eigenvalue weighted by Crippen LogP contribution is 2.54. The Balaban J connectivity index is 1.47. The predicted octanol–water partition coefficient (Wildman–Crippen LogP) is 4.00. The zero-order valence-corrected chi connectivity index (χ0v) is 16.8. The Labute approximate surface area is 175 Å². The van der Waals surface area contributed by atoms with Gasteiger partial charge in [-0.05, 0) is 80.2 Å². The number of piperidine rings is 1. The maximum Gasteiger partial charge on any atom is 0.258 e. The Kier molecular flexibility index (Phi) is 4.07. The van der Waals surface area contributed by atoms with Crippen molar-refractivity contribution in [2.24, 2.45) is 5.92 Å². The summed E-state index contributed by atoms with van der Waals surface area (Å²) in [4.78, 5) is 15.8. The first-order valence-electron chi connectivity index (χ1n) is 10.9. The van der Waals surface area contributed by atoms with Crippen LogP contribution < -0.4 is 19.7 Å². The van der Waals surface area contributed by atoms with Gasteiger partial charge in [-0.25, -0.2) is 4.39 Å². The molecule has 156 valence electrons. The molecule has 3 aliphatic heterocycles. The fourth-order valence-corrected chi connectivity index (χ4v) is 5.61. The highest BCUT2D eigenvalue weighted by atomic mass is 19.1. The number of nitrogens with zero attached hydrogens (tertiary/aromatic N) is 1.